The highest BCUT2D eigenvalue weighted by atomic mass is 32.2. The van der Waals surface area contributed by atoms with Gasteiger partial charge in [-0.05, 0) is 65.4 Å². The van der Waals surface area contributed by atoms with Crippen LogP contribution in [0.5, 0.6) is 0 Å². The molecule has 4 aromatic rings. The zero-order valence-corrected chi connectivity index (χ0v) is 22.6. The molecule has 0 saturated carbocycles. The van der Waals surface area contributed by atoms with Crippen LogP contribution < -0.4 is 10.6 Å². The number of carboxylic acids is 1. The second kappa shape index (κ2) is 15.4. The fourth-order valence-electron chi connectivity index (χ4n) is 3.94. The zero-order chi connectivity index (χ0) is 27.2. The van der Waals surface area contributed by atoms with Crippen molar-refractivity contribution in [3.05, 3.63) is 120 Å². The summed E-state index contributed by atoms with van der Waals surface area (Å²) >= 11 is 1.56. The molecule has 0 bridgehead atoms. The van der Waals surface area contributed by atoms with Gasteiger partial charge in [-0.25, -0.2) is 4.79 Å². The van der Waals surface area contributed by atoms with Crippen molar-refractivity contribution < 1.29 is 14.7 Å². The van der Waals surface area contributed by atoms with Gasteiger partial charge in [-0.3, -0.25) is 4.79 Å². The second-order valence-electron chi connectivity index (χ2n) is 8.65. The third-order valence-corrected chi connectivity index (χ3v) is 6.54. The predicted octanol–water partition coefficient (Wildman–Crippen LogP) is 6.36. The molecule has 0 aliphatic carbocycles. The Labute approximate surface area is 229 Å². The van der Waals surface area contributed by atoms with Crippen molar-refractivity contribution in [2.75, 3.05) is 19.1 Å². The quantitative estimate of drug-likeness (QED) is 0.224. The maximum atomic E-state index is 13.0. The third-order valence-electron chi connectivity index (χ3n) is 5.89. The van der Waals surface area contributed by atoms with Crippen LogP contribution in [0.2, 0.25) is 0 Å². The molecule has 0 saturated heterocycles. The monoisotopic (exact) mass is 526 g/mol. The molecule has 0 aromatic heterocycles. The predicted molar refractivity (Wildman–Crippen MR) is 158 cm³/mol. The first-order valence-corrected chi connectivity index (χ1v) is 13.9. The Morgan fingerprint density at radius 3 is 1.92 bits per heavy atom. The number of nitrogens with one attached hydrogen (secondary N) is 2. The maximum absolute atomic E-state index is 13.0. The summed E-state index contributed by atoms with van der Waals surface area (Å²) in [6, 6.07) is 34.7. The van der Waals surface area contributed by atoms with Crippen molar-refractivity contribution in [1.29, 1.82) is 0 Å². The molecule has 0 aliphatic heterocycles. The molecule has 4 rings (SSSR count). The van der Waals surface area contributed by atoms with E-state index in [1.165, 1.54) is 5.56 Å². The first-order valence-electron chi connectivity index (χ1n) is 12.5. The molecule has 0 heterocycles. The average Bonchev–Trinajstić information content (AvgIpc) is 2.96. The second-order valence-corrected chi connectivity index (χ2v) is 9.64. The number of thioether (sulfide) groups is 1. The first kappa shape index (κ1) is 28.7. The van der Waals surface area contributed by atoms with E-state index in [-0.39, 0.29) is 5.91 Å². The van der Waals surface area contributed by atoms with E-state index in [1.54, 1.807) is 17.8 Å². The molecular weight excluding hydrogens is 492 g/mol. The van der Waals surface area contributed by atoms with E-state index in [0.717, 1.165) is 28.8 Å². The van der Waals surface area contributed by atoms with Gasteiger partial charge in [-0.1, -0.05) is 97.1 Å². The highest BCUT2D eigenvalue weighted by Gasteiger charge is 2.22. The van der Waals surface area contributed by atoms with Gasteiger partial charge in [0.25, 0.3) is 5.91 Å². The summed E-state index contributed by atoms with van der Waals surface area (Å²) in [5.41, 5.74) is 5.54. The first-order chi connectivity index (χ1) is 18.5. The summed E-state index contributed by atoms with van der Waals surface area (Å²) < 4.78 is 0. The van der Waals surface area contributed by atoms with Crippen LogP contribution in [0.25, 0.3) is 22.3 Å². The molecule has 3 N–H and O–H groups in total. The van der Waals surface area contributed by atoms with E-state index < -0.39 is 12.0 Å². The Kier molecular flexibility index (Phi) is 11.6. The number of amides is 1. The Hall–Kier alpha value is -3.87. The number of aliphatic carboxylic acids is 1. The molecule has 1 unspecified atom stereocenters. The summed E-state index contributed by atoms with van der Waals surface area (Å²) in [5.74, 6) is -0.734. The number of carbonyl (C=O) groups excluding carboxylic acids is 1. The van der Waals surface area contributed by atoms with E-state index in [0.29, 0.717) is 17.7 Å². The van der Waals surface area contributed by atoms with Crippen LogP contribution in [0.4, 0.5) is 0 Å². The minimum absolute atomic E-state index is 0.378. The van der Waals surface area contributed by atoms with E-state index >= 15 is 0 Å². The molecule has 6 heteroatoms. The number of hydrogen-bond acceptors (Lipinski definition) is 4. The van der Waals surface area contributed by atoms with Crippen molar-refractivity contribution in [3.63, 3.8) is 0 Å². The fourth-order valence-corrected chi connectivity index (χ4v) is 4.41. The average molecular weight is 527 g/mol. The van der Waals surface area contributed by atoms with E-state index in [9.17, 15) is 14.7 Å². The lowest BCUT2D eigenvalue weighted by molar-refractivity contribution is -0.139. The van der Waals surface area contributed by atoms with Crippen molar-refractivity contribution in [3.8, 4) is 22.3 Å². The van der Waals surface area contributed by atoms with Crippen molar-refractivity contribution >= 4 is 23.6 Å². The summed E-state index contributed by atoms with van der Waals surface area (Å²) in [6.45, 7) is 0.959. The Bertz CT molecular complexity index is 1280. The van der Waals surface area contributed by atoms with Crippen LogP contribution in [-0.2, 0) is 11.3 Å². The lowest BCUT2D eigenvalue weighted by Gasteiger charge is -2.17. The standard InChI is InChI=1S/C24H23NO3S.C8H11N/c1-29-15-14-22(24(27)28)25-23(26)20-13-12-19(17-8-4-2-5-9-17)16-21(20)18-10-6-3-7-11-18;1-9-7-8-5-3-2-4-6-8/h2-13,16,22H,14-15H2,1H3,(H,25,26)(H,27,28);2-6,9H,7H2,1H3. The minimum Gasteiger partial charge on any atom is -0.480 e. The topological polar surface area (TPSA) is 78.4 Å². The molecular formula is C32H34N2O3S. The van der Waals surface area contributed by atoms with Gasteiger partial charge in [-0.2, -0.15) is 11.8 Å². The van der Waals surface area contributed by atoms with Gasteiger partial charge >= 0.3 is 5.97 Å². The van der Waals surface area contributed by atoms with Crippen molar-refractivity contribution in [1.82, 2.24) is 10.6 Å². The molecule has 196 valence electrons. The molecule has 38 heavy (non-hydrogen) atoms. The third kappa shape index (κ3) is 8.61. The normalized spacial score (nSPS) is 11.1. The van der Waals surface area contributed by atoms with E-state index in [2.05, 4.69) is 22.8 Å². The molecule has 5 nitrogen and oxygen atoms in total. The molecule has 0 fully saturated rings. The fraction of sp³-hybridized carbons (Fsp3) is 0.188. The van der Waals surface area contributed by atoms with Gasteiger partial charge < -0.3 is 15.7 Å². The minimum atomic E-state index is -1.02. The number of hydrogen-bond donors (Lipinski definition) is 3. The highest BCUT2D eigenvalue weighted by molar-refractivity contribution is 7.98. The van der Waals surface area contributed by atoms with Gasteiger partial charge in [0, 0.05) is 12.1 Å². The van der Waals surface area contributed by atoms with Crippen LogP contribution in [-0.4, -0.2) is 42.1 Å². The Morgan fingerprint density at radius 1 is 0.789 bits per heavy atom. The van der Waals surface area contributed by atoms with Gasteiger partial charge in [0.2, 0.25) is 0 Å². The largest absolute Gasteiger partial charge is 0.480 e. The Morgan fingerprint density at radius 2 is 1.37 bits per heavy atom. The molecule has 1 atom stereocenters. The lowest BCUT2D eigenvalue weighted by atomic mass is 9.94. The number of benzene rings is 4. The molecule has 1 amide bonds. The van der Waals surface area contributed by atoms with Crippen LogP contribution in [0, 0.1) is 0 Å². The van der Waals surface area contributed by atoms with Gasteiger partial charge in [-0.15, -0.1) is 0 Å². The van der Waals surface area contributed by atoms with E-state index in [4.69, 9.17) is 0 Å². The van der Waals surface area contributed by atoms with Crippen LogP contribution in [0.3, 0.4) is 0 Å². The van der Waals surface area contributed by atoms with Gasteiger partial charge in [0.05, 0.1) is 0 Å². The van der Waals surface area contributed by atoms with E-state index in [1.807, 2.05) is 104 Å². The van der Waals surface area contributed by atoms with Crippen LogP contribution in [0.15, 0.2) is 109 Å². The highest BCUT2D eigenvalue weighted by Crippen LogP contribution is 2.30. The summed E-state index contributed by atoms with van der Waals surface area (Å²) in [5, 5.41) is 15.2. The Balaban J connectivity index is 0.000000375. The van der Waals surface area contributed by atoms with Gasteiger partial charge in [0.15, 0.2) is 0 Å². The lowest BCUT2D eigenvalue weighted by Crippen LogP contribution is -2.41. The van der Waals surface area contributed by atoms with Crippen LogP contribution in [0.1, 0.15) is 22.3 Å². The summed E-state index contributed by atoms with van der Waals surface area (Å²) in [6.07, 6.45) is 2.29. The van der Waals surface area contributed by atoms with Crippen molar-refractivity contribution in [2.24, 2.45) is 0 Å². The van der Waals surface area contributed by atoms with Crippen LogP contribution >= 0.6 is 11.8 Å². The van der Waals surface area contributed by atoms with Gasteiger partial charge in [0.1, 0.15) is 6.04 Å². The molecule has 0 radical (unpaired) electrons. The smallest absolute Gasteiger partial charge is 0.326 e. The SMILES string of the molecule is CNCc1ccccc1.CSCCC(NC(=O)c1ccc(-c2ccccc2)cc1-c1ccccc1)C(=O)O. The molecule has 4 aromatic carbocycles. The number of carbonyl (C=O) groups is 2. The zero-order valence-electron chi connectivity index (χ0n) is 21.8. The number of rotatable bonds is 10. The maximum Gasteiger partial charge on any atom is 0.326 e. The number of carboxylic acid groups (broad SMARTS) is 1. The molecule has 0 aliphatic rings. The molecule has 0 spiro atoms. The summed E-state index contributed by atoms with van der Waals surface area (Å²) in [7, 11) is 1.95. The van der Waals surface area contributed by atoms with Crippen molar-refractivity contribution in [2.45, 2.75) is 19.0 Å². The summed E-state index contributed by atoms with van der Waals surface area (Å²) in [4.78, 5) is 24.5.